The lowest BCUT2D eigenvalue weighted by atomic mass is 10.0. The van der Waals surface area contributed by atoms with Gasteiger partial charge in [0, 0.05) is 13.0 Å². The fraction of sp³-hybridized carbons (Fsp3) is 0.535. The molecular weight excluding hydrogens is 685 g/mol. The molecule has 0 aromatic heterocycles. The maximum atomic E-state index is 13.9. The summed E-state index contributed by atoms with van der Waals surface area (Å²) in [6.07, 6.45) is 5.55. The standard InChI is InChI=1S/C43H55F3O7/c1-3-5-7-9-10-11-13-14-30-49-36-24-20-33(21-25-36)32-16-18-34(19-17-32)41(47)51-37-26-22-35(23-27-37)42(48)52-38-28-29-39(53-40(38)43(44,45)46)50-31-15-12-8-6-4-2/h16-27,38-40H,3-15,28-31H2,1-2H3/t38-,39+,40-/m1/s1. The first-order valence-electron chi connectivity index (χ1n) is 19.4. The number of halogens is 3. The third-order valence-electron chi connectivity index (χ3n) is 9.33. The average Bonchev–Trinajstić information content (AvgIpc) is 3.16. The second-order valence-electron chi connectivity index (χ2n) is 13.7. The fourth-order valence-electron chi connectivity index (χ4n) is 6.22. The summed E-state index contributed by atoms with van der Waals surface area (Å²) in [5.74, 6) is -0.532. The van der Waals surface area contributed by atoms with Gasteiger partial charge in [0.05, 0.1) is 17.7 Å². The molecule has 7 nitrogen and oxygen atoms in total. The molecule has 290 valence electrons. The monoisotopic (exact) mass is 740 g/mol. The summed E-state index contributed by atoms with van der Waals surface area (Å²) in [5.41, 5.74) is 2.26. The van der Waals surface area contributed by atoms with Crippen LogP contribution in [0.1, 0.15) is 131 Å². The van der Waals surface area contributed by atoms with Gasteiger partial charge in [0.15, 0.2) is 12.4 Å². The molecule has 1 heterocycles. The summed E-state index contributed by atoms with van der Waals surface area (Å²) in [6, 6.07) is 20.3. The van der Waals surface area contributed by atoms with Crippen LogP contribution in [0, 0.1) is 0 Å². The van der Waals surface area contributed by atoms with Gasteiger partial charge in [0.2, 0.25) is 0 Å². The van der Waals surface area contributed by atoms with Crippen molar-refractivity contribution in [2.24, 2.45) is 0 Å². The van der Waals surface area contributed by atoms with Crippen LogP contribution in [-0.2, 0) is 14.2 Å². The van der Waals surface area contributed by atoms with Gasteiger partial charge in [-0.25, -0.2) is 9.59 Å². The van der Waals surface area contributed by atoms with E-state index in [0.29, 0.717) is 18.8 Å². The molecule has 0 amide bonds. The van der Waals surface area contributed by atoms with Crippen LogP contribution in [0.15, 0.2) is 72.8 Å². The summed E-state index contributed by atoms with van der Waals surface area (Å²) in [7, 11) is 0. The average molecular weight is 741 g/mol. The molecule has 4 rings (SSSR count). The van der Waals surface area contributed by atoms with Crippen molar-refractivity contribution in [3.05, 3.63) is 83.9 Å². The van der Waals surface area contributed by atoms with Crippen LogP contribution in [0.25, 0.3) is 11.1 Å². The Labute approximate surface area is 312 Å². The van der Waals surface area contributed by atoms with Crippen molar-refractivity contribution in [1.82, 2.24) is 0 Å². The van der Waals surface area contributed by atoms with E-state index >= 15 is 0 Å². The minimum Gasteiger partial charge on any atom is -0.494 e. The van der Waals surface area contributed by atoms with Crippen molar-refractivity contribution in [1.29, 1.82) is 0 Å². The Hall–Kier alpha value is -3.89. The Bertz CT molecular complexity index is 1490. The Morgan fingerprint density at radius 1 is 0.623 bits per heavy atom. The number of carbonyl (C=O) groups is 2. The summed E-state index contributed by atoms with van der Waals surface area (Å²) < 4.78 is 69.0. The normalized spacial score (nSPS) is 17.3. The highest BCUT2D eigenvalue weighted by molar-refractivity contribution is 5.92. The second kappa shape index (κ2) is 22.4. The van der Waals surface area contributed by atoms with Crippen molar-refractivity contribution in [3.8, 4) is 22.6 Å². The van der Waals surface area contributed by atoms with E-state index in [9.17, 15) is 22.8 Å². The van der Waals surface area contributed by atoms with E-state index in [-0.39, 0.29) is 24.2 Å². The highest BCUT2D eigenvalue weighted by atomic mass is 19.4. The van der Waals surface area contributed by atoms with Gasteiger partial charge >= 0.3 is 18.1 Å². The van der Waals surface area contributed by atoms with Gasteiger partial charge in [0.25, 0.3) is 0 Å². The van der Waals surface area contributed by atoms with E-state index < -0.39 is 36.6 Å². The third kappa shape index (κ3) is 14.5. The first-order chi connectivity index (χ1) is 25.7. The highest BCUT2D eigenvalue weighted by Gasteiger charge is 2.51. The molecule has 0 unspecified atom stereocenters. The first-order valence-corrected chi connectivity index (χ1v) is 19.4. The summed E-state index contributed by atoms with van der Waals surface area (Å²) in [5, 5.41) is 0. The van der Waals surface area contributed by atoms with Gasteiger partial charge in [-0.3, -0.25) is 0 Å². The van der Waals surface area contributed by atoms with Crippen LogP contribution in [-0.4, -0.2) is 49.8 Å². The van der Waals surface area contributed by atoms with Crippen LogP contribution < -0.4 is 9.47 Å². The van der Waals surface area contributed by atoms with Gasteiger partial charge in [-0.05, 0) is 78.9 Å². The Kier molecular flexibility index (Phi) is 17.7. The number of hydrogen-bond donors (Lipinski definition) is 0. The Morgan fingerprint density at radius 3 is 1.70 bits per heavy atom. The molecule has 53 heavy (non-hydrogen) atoms. The van der Waals surface area contributed by atoms with Crippen LogP contribution >= 0.6 is 0 Å². The van der Waals surface area contributed by atoms with Gasteiger partial charge in [-0.1, -0.05) is 109 Å². The largest absolute Gasteiger partial charge is 0.494 e. The Morgan fingerprint density at radius 2 is 1.11 bits per heavy atom. The van der Waals surface area contributed by atoms with E-state index in [4.69, 9.17) is 23.7 Å². The molecular formula is C43H55F3O7. The number of alkyl halides is 3. The zero-order valence-electron chi connectivity index (χ0n) is 31.2. The van der Waals surface area contributed by atoms with E-state index in [1.165, 1.54) is 69.2 Å². The molecule has 0 aliphatic carbocycles. The van der Waals surface area contributed by atoms with Crippen LogP contribution in [0.4, 0.5) is 13.2 Å². The molecule has 0 saturated carbocycles. The molecule has 1 aliphatic heterocycles. The molecule has 3 atom stereocenters. The van der Waals surface area contributed by atoms with E-state index in [2.05, 4.69) is 13.8 Å². The number of hydrogen-bond acceptors (Lipinski definition) is 7. The predicted molar refractivity (Wildman–Crippen MR) is 199 cm³/mol. The van der Waals surface area contributed by atoms with Crippen molar-refractivity contribution in [2.45, 2.75) is 135 Å². The van der Waals surface area contributed by atoms with Crippen LogP contribution in [0.2, 0.25) is 0 Å². The van der Waals surface area contributed by atoms with Gasteiger partial charge < -0.3 is 23.7 Å². The smallest absolute Gasteiger partial charge is 0.418 e. The van der Waals surface area contributed by atoms with E-state index in [1.807, 2.05) is 36.4 Å². The van der Waals surface area contributed by atoms with Gasteiger partial charge in [0.1, 0.15) is 17.6 Å². The number of ether oxygens (including phenoxy) is 5. The summed E-state index contributed by atoms with van der Waals surface area (Å²) >= 11 is 0. The predicted octanol–water partition coefficient (Wildman–Crippen LogP) is 11.7. The summed E-state index contributed by atoms with van der Waals surface area (Å²) in [6.45, 7) is 5.35. The van der Waals surface area contributed by atoms with Crippen molar-refractivity contribution in [3.63, 3.8) is 0 Å². The van der Waals surface area contributed by atoms with E-state index in [1.54, 1.807) is 12.1 Å². The lowest BCUT2D eigenvalue weighted by Gasteiger charge is -2.36. The number of rotatable bonds is 22. The van der Waals surface area contributed by atoms with Crippen molar-refractivity contribution in [2.75, 3.05) is 13.2 Å². The molecule has 1 fully saturated rings. The molecule has 10 heteroatoms. The highest BCUT2D eigenvalue weighted by Crippen LogP contribution is 2.35. The third-order valence-corrected chi connectivity index (χ3v) is 9.33. The minimum atomic E-state index is -4.74. The maximum absolute atomic E-state index is 13.9. The topological polar surface area (TPSA) is 80.3 Å². The van der Waals surface area contributed by atoms with E-state index in [0.717, 1.165) is 55.4 Å². The number of benzene rings is 3. The van der Waals surface area contributed by atoms with Gasteiger partial charge in [-0.2, -0.15) is 13.2 Å². The zero-order valence-corrected chi connectivity index (χ0v) is 31.2. The number of esters is 2. The second-order valence-corrected chi connectivity index (χ2v) is 13.7. The lowest BCUT2D eigenvalue weighted by Crippen LogP contribution is -2.50. The minimum absolute atomic E-state index is 0.0186. The molecule has 0 N–H and O–H groups in total. The summed E-state index contributed by atoms with van der Waals surface area (Å²) in [4.78, 5) is 25.6. The molecule has 3 aromatic carbocycles. The molecule has 1 aliphatic rings. The molecule has 1 saturated heterocycles. The van der Waals surface area contributed by atoms with Crippen molar-refractivity contribution < 1.29 is 46.4 Å². The van der Waals surface area contributed by atoms with Crippen molar-refractivity contribution >= 4 is 11.9 Å². The molecule has 0 spiro atoms. The Balaban J connectivity index is 1.20. The molecule has 0 bridgehead atoms. The first kappa shape index (κ1) is 41.9. The number of carbonyl (C=O) groups excluding carboxylic acids is 2. The SMILES string of the molecule is CCCCCCCCCCOc1ccc(-c2ccc(C(=O)Oc3ccc(C(=O)O[C@@H]4CC[C@@H](OCCCCCCC)O[C@H]4C(F)(F)F)cc3)cc2)cc1. The fourth-order valence-corrected chi connectivity index (χ4v) is 6.22. The lowest BCUT2D eigenvalue weighted by molar-refractivity contribution is -0.311. The maximum Gasteiger partial charge on any atom is 0.418 e. The quantitative estimate of drug-likeness (QED) is 0.0576. The van der Waals surface area contributed by atoms with Crippen LogP contribution in [0.5, 0.6) is 11.5 Å². The zero-order chi connectivity index (χ0) is 37.9. The number of unbranched alkanes of at least 4 members (excludes halogenated alkanes) is 11. The van der Waals surface area contributed by atoms with Crippen LogP contribution in [0.3, 0.4) is 0 Å². The molecule has 3 aromatic rings. The van der Waals surface area contributed by atoms with Gasteiger partial charge in [-0.15, -0.1) is 0 Å². The molecule has 0 radical (unpaired) electrons.